The van der Waals surface area contributed by atoms with Crippen molar-refractivity contribution < 1.29 is 5.11 Å². The van der Waals surface area contributed by atoms with Gasteiger partial charge in [0.2, 0.25) is 0 Å². The Hall–Kier alpha value is -0.510. The number of thioether (sulfide) groups is 1. The highest BCUT2D eigenvalue weighted by Crippen LogP contribution is 2.52. The van der Waals surface area contributed by atoms with Crippen molar-refractivity contribution in [2.45, 2.75) is 25.7 Å². The van der Waals surface area contributed by atoms with Crippen molar-refractivity contribution in [3.8, 4) is 0 Å². The lowest BCUT2D eigenvalue weighted by Gasteiger charge is -2.50. The summed E-state index contributed by atoms with van der Waals surface area (Å²) in [5, 5.41) is 13.6. The van der Waals surface area contributed by atoms with Crippen LogP contribution in [0.5, 0.6) is 0 Å². The van der Waals surface area contributed by atoms with Gasteiger partial charge in [0, 0.05) is 30.0 Å². The van der Waals surface area contributed by atoms with Crippen molar-refractivity contribution in [1.82, 2.24) is 5.32 Å². The van der Waals surface area contributed by atoms with Crippen LogP contribution in [0.15, 0.2) is 30.3 Å². The fraction of sp³-hybridized carbons (Fsp3) is 0.647. The lowest BCUT2D eigenvalue weighted by atomic mass is 9.58. The number of hydrogen-bond donors (Lipinski definition) is 2. The Morgan fingerprint density at radius 2 is 2.00 bits per heavy atom. The number of aliphatic hydroxyl groups excluding tert-OH is 1. The van der Waals surface area contributed by atoms with E-state index >= 15 is 0 Å². The van der Waals surface area contributed by atoms with Crippen molar-refractivity contribution in [2.24, 2.45) is 10.8 Å². The molecule has 0 radical (unpaired) electrons. The van der Waals surface area contributed by atoms with Crippen molar-refractivity contribution >= 4 is 11.8 Å². The highest BCUT2D eigenvalue weighted by molar-refractivity contribution is 8.00. The highest BCUT2D eigenvalue weighted by Gasteiger charge is 2.47. The lowest BCUT2D eigenvalue weighted by Crippen LogP contribution is -2.51. The van der Waals surface area contributed by atoms with Crippen LogP contribution in [0.4, 0.5) is 0 Å². The molecule has 0 aromatic heterocycles. The Bertz CT molecular complexity index is 442. The second-order valence-electron chi connectivity index (χ2n) is 6.93. The molecule has 0 spiro atoms. The number of hydrogen-bond acceptors (Lipinski definition) is 3. The minimum atomic E-state index is 0.0641. The normalized spacial score (nSPS) is 31.4. The summed E-state index contributed by atoms with van der Waals surface area (Å²) >= 11 is 2.04. The van der Waals surface area contributed by atoms with Crippen molar-refractivity contribution in [3.05, 3.63) is 35.9 Å². The van der Waals surface area contributed by atoms with Gasteiger partial charge in [-0.3, -0.25) is 0 Å². The van der Waals surface area contributed by atoms with Gasteiger partial charge in [0.15, 0.2) is 0 Å². The molecule has 1 aromatic carbocycles. The smallest absolute Gasteiger partial charge is 0.0505 e. The summed E-state index contributed by atoms with van der Waals surface area (Å²) in [6, 6.07) is 10.7. The van der Waals surface area contributed by atoms with Crippen LogP contribution in [0.25, 0.3) is 0 Å². The first-order valence-electron chi connectivity index (χ1n) is 7.62. The molecule has 2 fully saturated rings. The number of nitrogens with one attached hydrogen (secondary N) is 1. The Morgan fingerprint density at radius 3 is 2.50 bits per heavy atom. The van der Waals surface area contributed by atoms with E-state index in [1.807, 2.05) is 11.8 Å². The van der Waals surface area contributed by atoms with Crippen LogP contribution in [-0.2, 0) is 0 Å². The first kappa shape index (κ1) is 14.4. The van der Waals surface area contributed by atoms with E-state index < -0.39 is 0 Å². The van der Waals surface area contributed by atoms with E-state index in [4.69, 9.17) is 0 Å². The molecule has 110 valence electrons. The summed E-state index contributed by atoms with van der Waals surface area (Å²) in [6.45, 7) is 4.69. The first-order valence-corrected chi connectivity index (χ1v) is 8.77. The summed E-state index contributed by atoms with van der Waals surface area (Å²) in [5.74, 6) is 3.06. The van der Waals surface area contributed by atoms with E-state index in [9.17, 15) is 5.11 Å². The van der Waals surface area contributed by atoms with E-state index in [2.05, 4.69) is 42.6 Å². The predicted octanol–water partition coefficient (Wildman–Crippen LogP) is 2.89. The summed E-state index contributed by atoms with van der Waals surface area (Å²) in [4.78, 5) is 0. The third-order valence-corrected chi connectivity index (χ3v) is 6.92. The van der Waals surface area contributed by atoms with Gasteiger partial charge >= 0.3 is 0 Å². The number of benzene rings is 1. The van der Waals surface area contributed by atoms with Gasteiger partial charge < -0.3 is 10.4 Å². The lowest BCUT2D eigenvalue weighted by molar-refractivity contribution is 0.0148. The maximum Gasteiger partial charge on any atom is 0.0505 e. The molecule has 1 saturated heterocycles. The summed E-state index contributed by atoms with van der Waals surface area (Å²) in [6.07, 6.45) is 2.35. The minimum Gasteiger partial charge on any atom is -0.396 e. The van der Waals surface area contributed by atoms with Crippen LogP contribution < -0.4 is 5.32 Å². The Labute approximate surface area is 126 Å². The third kappa shape index (κ3) is 2.63. The van der Waals surface area contributed by atoms with Crippen LogP contribution in [0.3, 0.4) is 0 Å². The molecule has 2 atom stereocenters. The predicted molar refractivity (Wildman–Crippen MR) is 86.2 cm³/mol. The van der Waals surface area contributed by atoms with E-state index in [0.717, 1.165) is 19.5 Å². The molecule has 3 rings (SSSR count). The van der Waals surface area contributed by atoms with E-state index in [-0.39, 0.29) is 5.41 Å². The second-order valence-corrected chi connectivity index (χ2v) is 7.92. The molecule has 1 aliphatic heterocycles. The first-order chi connectivity index (χ1) is 9.68. The van der Waals surface area contributed by atoms with E-state index in [0.29, 0.717) is 17.9 Å². The van der Waals surface area contributed by atoms with Gasteiger partial charge in [0.25, 0.3) is 0 Å². The molecular weight excluding hydrogens is 266 g/mol. The number of aliphatic hydroxyl groups is 1. The highest BCUT2D eigenvalue weighted by atomic mass is 32.2. The molecular formula is C17H25NOS. The van der Waals surface area contributed by atoms with Crippen molar-refractivity contribution in [2.75, 3.05) is 31.2 Å². The molecule has 0 unspecified atom stereocenters. The SMILES string of the molecule is CC1(CNC[C@@]2(CO)CC[C@@H]2c2ccccc2)CSC1. The zero-order valence-corrected chi connectivity index (χ0v) is 13.1. The van der Waals surface area contributed by atoms with E-state index in [1.165, 1.54) is 23.5 Å². The fourth-order valence-electron chi connectivity index (χ4n) is 3.53. The number of rotatable bonds is 6. The molecule has 3 heteroatoms. The van der Waals surface area contributed by atoms with Crippen LogP contribution in [0, 0.1) is 10.8 Å². The molecule has 1 heterocycles. The minimum absolute atomic E-state index is 0.0641. The molecule has 20 heavy (non-hydrogen) atoms. The molecule has 2 aliphatic rings. The summed E-state index contributed by atoms with van der Waals surface area (Å²) < 4.78 is 0. The van der Waals surface area contributed by atoms with Gasteiger partial charge in [-0.05, 0) is 29.7 Å². The van der Waals surface area contributed by atoms with Gasteiger partial charge in [-0.15, -0.1) is 0 Å². The average molecular weight is 291 g/mol. The quantitative estimate of drug-likeness (QED) is 0.845. The van der Waals surface area contributed by atoms with Crippen molar-refractivity contribution in [3.63, 3.8) is 0 Å². The van der Waals surface area contributed by atoms with Crippen LogP contribution >= 0.6 is 11.8 Å². The Balaban J connectivity index is 1.60. The summed E-state index contributed by atoms with van der Waals surface area (Å²) in [7, 11) is 0. The Morgan fingerprint density at radius 1 is 1.25 bits per heavy atom. The zero-order chi connectivity index (χ0) is 14.1. The van der Waals surface area contributed by atoms with Gasteiger partial charge in [0.1, 0.15) is 0 Å². The maximum atomic E-state index is 9.92. The van der Waals surface area contributed by atoms with E-state index in [1.54, 1.807) is 0 Å². The molecule has 2 nitrogen and oxygen atoms in total. The molecule has 1 saturated carbocycles. The van der Waals surface area contributed by atoms with Gasteiger partial charge in [0.05, 0.1) is 6.61 Å². The second kappa shape index (κ2) is 5.70. The monoisotopic (exact) mass is 291 g/mol. The van der Waals surface area contributed by atoms with Crippen LogP contribution in [-0.4, -0.2) is 36.3 Å². The largest absolute Gasteiger partial charge is 0.396 e. The molecule has 0 bridgehead atoms. The van der Waals surface area contributed by atoms with Gasteiger partial charge in [-0.1, -0.05) is 37.3 Å². The summed E-state index contributed by atoms with van der Waals surface area (Å²) in [5.41, 5.74) is 1.93. The van der Waals surface area contributed by atoms with Crippen molar-refractivity contribution in [1.29, 1.82) is 0 Å². The molecule has 1 aliphatic carbocycles. The standard InChI is InChI=1S/C17H25NOS/c1-16(12-20-13-16)9-18-10-17(11-19)8-7-15(17)14-5-3-2-4-6-14/h2-6,15,18-19H,7-13H2,1H3/t15-,17-/m1/s1. The fourth-order valence-corrected chi connectivity index (χ4v) is 4.63. The average Bonchev–Trinajstić information content (AvgIpc) is 2.42. The molecule has 1 aromatic rings. The van der Waals surface area contributed by atoms with Crippen LogP contribution in [0.1, 0.15) is 31.2 Å². The third-order valence-electron chi connectivity index (χ3n) is 5.12. The maximum absolute atomic E-state index is 9.92. The van der Waals surface area contributed by atoms with Gasteiger partial charge in [-0.2, -0.15) is 11.8 Å². The molecule has 2 N–H and O–H groups in total. The van der Waals surface area contributed by atoms with Gasteiger partial charge in [-0.25, -0.2) is 0 Å². The topological polar surface area (TPSA) is 32.3 Å². The Kier molecular flexibility index (Phi) is 4.11. The molecule has 0 amide bonds. The van der Waals surface area contributed by atoms with Crippen LogP contribution in [0.2, 0.25) is 0 Å². The zero-order valence-electron chi connectivity index (χ0n) is 12.3.